The summed E-state index contributed by atoms with van der Waals surface area (Å²) in [6.45, 7) is 2.25. The molecule has 1 heterocycles. The number of nitrogens with one attached hydrogen (secondary N) is 1. The number of H-pyrrole nitrogens is 1. The van der Waals surface area contributed by atoms with Crippen LogP contribution in [0, 0.1) is 0 Å². The predicted molar refractivity (Wildman–Crippen MR) is 94.2 cm³/mol. The Labute approximate surface area is 141 Å². The number of benzene rings is 1. The van der Waals surface area contributed by atoms with Crippen LogP contribution in [0.15, 0.2) is 29.1 Å². The van der Waals surface area contributed by atoms with Crippen molar-refractivity contribution >= 4 is 16.8 Å². The highest BCUT2D eigenvalue weighted by Gasteiger charge is 2.26. The van der Waals surface area contributed by atoms with Gasteiger partial charge in [-0.2, -0.15) is 0 Å². The van der Waals surface area contributed by atoms with Gasteiger partial charge in [0.15, 0.2) is 0 Å². The Hall–Kier alpha value is -2.30. The number of pyridine rings is 1. The number of aromatic nitrogens is 1. The van der Waals surface area contributed by atoms with E-state index in [-0.39, 0.29) is 17.5 Å². The lowest BCUT2D eigenvalue weighted by Gasteiger charge is -2.28. The lowest BCUT2D eigenvalue weighted by molar-refractivity contribution is -0.133. The van der Waals surface area contributed by atoms with Gasteiger partial charge in [-0.05, 0) is 37.1 Å². The molecule has 128 valence electrons. The van der Waals surface area contributed by atoms with Gasteiger partial charge >= 0.3 is 0 Å². The number of fused-ring (bicyclic) bond motifs is 1. The van der Waals surface area contributed by atoms with Gasteiger partial charge in [-0.15, -0.1) is 0 Å². The largest absolute Gasteiger partial charge is 0.497 e. The summed E-state index contributed by atoms with van der Waals surface area (Å²) in [5, 5.41) is 0.916. The number of hydrogen-bond acceptors (Lipinski definition) is 3. The summed E-state index contributed by atoms with van der Waals surface area (Å²) < 4.78 is 5.25. The third kappa shape index (κ3) is 3.30. The second kappa shape index (κ2) is 7.07. The van der Waals surface area contributed by atoms with E-state index >= 15 is 0 Å². The molecule has 2 aromatic rings. The second-order valence-electron chi connectivity index (χ2n) is 6.39. The molecular formula is C19H24N2O3. The molecule has 0 aliphatic heterocycles. The van der Waals surface area contributed by atoms with E-state index in [0.717, 1.165) is 42.3 Å². The fourth-order valence-electron chi connectivity index (χ4n) is 3.50. The topological polar surface area (TPSA) is 62.4 Å². The van der Waals surface area contributed by atoms with E-state index in [1.165, 1.54) is 0 Å². The fraction of sp³-hybridized carbons (Fsp3) is 0.474. The SMILES string of the molecule is CCC(=O)N(Cc1cc2cc(OC)ccc2[nH]c1=O)C1CCCC1. The molecule has 5 heteroatoms. The predicted octanol–water partition coefficient (Wildman–Crippen LogP) is 3.22. The van der Waals surface area contributed by atoms with Gasteiger partial charge in [0, 0.05) is 28.9 Å². The fourth-order valence-corrected chi connectivity index (χ4v) is 3.50. The van der Waals surface area contributed by atoms with E-state index in [4.69, 9.17) is 4.74 Å². The van der Waals surface area contributed by atoms with Crippen molar-refractivity contribution in [2.45, 2.75) is 51.6 Å². The maximum absolute atomic E-state index is 12.4. The van der Waals surface area contributed by atoms with Crippen LogP contribution in [0.2, 0.25) is 0 Å². The highest BCUT2D eigenvalue weighted by atomic mass is 16.5. The minimum Gasteiger partial charge on any atom is -0.497 e. The Morgan fingerprint density at radius 2 is 2.04 bits per heavy atom. The quantitative estimate of drug-likeness (QED) is 0.916. The van der Waals surface area contributed by atoms with E-state index < -0.39 is 0 Å². The van der Waals surface area contributed by atoms with Crippen molar-refractivity contribution in [3.05, 3.63) is 40.2 Å². The van der Waals surface area contributed by atoms with Gasteiger partial charge in [0.25, 0.3) is 5.56 Å². The molecule has 3 rings (SSSR count). The monoisotopic (exact) mass is 328 g/mol. The van der Waals surface area contributed by atoms with Crippen LogP contribution in [0.5, 0.6) is 5.75 Å². The normalized spacial score (nSPS) is 14.9. The number of hydrogen-bond donors (Lipinski definition) is 1. The number of nitrogens with zero attached hydrogens (tertiary/aromatic N) is 1. The Morgan fingerprint density at radius 3 is 2.71 bits per heavy atom. The van der Waals surface area contributed by atoms with Gasteiger partial charge < -0.3 is 14.6 Å². The number of rotatable bonds is 5. The van der Waals surface area contributed by atoms with Crippen molar-refractivity contribution in [2.75, 3.05) is 7.11 Å². The van der Waals surface area contributed by atoms with E-state index in [0.29, 0.717) is 18.5 Å². The average Bonchev–Trinajstić information content (AvgIpc) is 3.13. The van der Waals surface area contributed by atoms with Crippen molar-refractivity contribution in [1.29, 1.82) is 0 Å². The zero-order chi connectivity index (χ0) is 17.1. The summed E-state index contributed by atoms with van der Waals surface area (Å²) in [4.78, 5) is 29.6. The van der Waals surface area contributed by atoms with E-state index in [9.17, 15) is 9.59 Å². The van der Waals surface area contributed by atoms with Gasteiger partial charge in [-0.3, -0.25) is 9.59 Å². The highest BCUT2D eigenvalue weighted by Crippen LogP contribution is 2.26. The van der Waals surface area contributed by atoms with Crippen LogP contribution in [0.3, 0.4) is 0 Å². The lowest BCUT2D eigenvalue weighted by Crippen LogP contribution is -2.39. The van der Waals surface area contributed by atoms with Gasteiger partial charge in [0.2, 0.25) is 5.91 Å². The van der Waals surface area contributed by atoms with Crippen LogP contribution < -0.4 is 10.3 Å². The zero-order valence-electron chi connectivity index (χ0n) is 14.3. The first-order chi connectivity index (χ1) is 11.6. The van der Waals surface area contributed by atoms with Gasteiger partial charge in [0.1, 0.15) is 5.75 Å². The Bertz CT molecular complexity index is 791. The summed E-state index contributed by atoms with van der Waals surface area (Å²) in [5.41, 5.74) is 1.28. The van der Waals surface area contributed by atoms with Crippen molar-refractivity contribution in [2.24, 2.45) is 0 Å². The number of carbonyl (C=O) groups is 1. The van der Waals surface area contributed by atoms with E-state index in [1.54, 1.807) is 7.11 Å². The molecule has 1 fully saturated rings. The second-order valence-corrected chi connectivity index (χ2v) is 6.39. The van der Waals surface area contributed by atoms with Crippen molar-refractivity contribution in [1.82, 2.24) is 9.88 Å². The standard InChI is InChI=1S/C19H24N2O3/c1-3-18(22)21(15-6-4-5-7-15)12-14-10-13-11-16(24-2)8-9-17(13)20-19(14)23/h8-11,15H,3-7,12H2,1-2H3,(H,20,23). The minimum absolute atomic E-state index is 0.118. The maximum atomic E-state index is 12.4. The molecule has 0 atom stereocenters. The van der Waals surface area contributed by atoms with Crippen LogP contribution in [0.4, 0.5) is 0 Å². The van der Waals surface area contributed by atoms with Crippen molar-refractivity contribution < 1.29 is 9.53 Å². The minimum atomic E-state index is -0.125. The number of ether oxygens (including phenoxy) is 1. The van der Waals surface area contributed by atoms with Crippen molar-refractivity contribution in [3.8, 4) is 5.75 Å². The van der Waals surface area contributed by atoms with Gasteiger partial charge in [0.05, 0.1) is 13.7 Å². The van der Waals surface area contributed by atoms with Crippen LogP contribution in [0.25, 0.3) is 10.9 Å². The molecule has 5 nitrogen and oxygen atoms in total. The molecule has 1 aliphatic carbocycles. The molecule has 24 heavy (non-hydrogen) atoms. The summed E-state index contributed by atoms with van der Waals surface area (Å²) in [6.07, 6.45) is 4.85. The highest BCUT2D eigenvalue weighted by molar-refractivity contribution is 5.81. The summed E-state index contributed by atoms with van der Waals surface area (Å²) in [7, 11) is 1.62. The lowest BCUT2D eigenvalue weighted by atomic mass is 10.1. The van der Waals surface area contributed by atoms with E-state index in [1.807, 2.05) is 36.1 Å². The number of carbonyl (C=O) groups excluding carboxylic acids is 1. The first-order valence-corrected chi connectivity index (χ1v) is 8.61. The van der Waals surface area contributed by atoms with E-state index in [2.05, 4.69) is 4.98 Å². The molecule has 1 aromatic carbocycles. The first-order valence-electron chi connectivity index (χ1n) is 8.61. The molecule has 1 saturated carbocycles. The first kappa shape index (κ1) is 16.6. The van der Waals surface area contributed by atoms with Crippen LogP contribution in [-0.4, -0.2) is 28.9 Å². The Morgan fingerprint density at radius 1 is 1.29 bits per heavy atom. The van der Waals surface area contributed by atoms with Crippen molar-refractivity contribution in [3.63, 3.8) is 0 Å². The molecule has 0 saturated heterocycles. The van der Waals surface area contributed by atoms with Crippen LogP contribution >= 0.6 is 0 Å². The third-order valence-corrected chi connectivity index (χ3v) is 4.86. The maximum Gasteiger partial charge on any atom is 0.253 e. The molecule has 1 aliphatic rings. The molecule has 0 spiro atoms. The Balaban J connectivity index is 1.95. The molecule has 1 amide bonds. The summed E-state index contributed by atoms with van der Waals surface area (Å²) in [6, 6.07) is 7.70. The summed E-state index contributed by atoms with van der Waals surface area (Å²) >= 11 is 0. The number of amides is 1. The zero-order valence-corrected chi connectivity index (χ0v) is 14.3. The summed E-state index contributed by atoms with van der Waals surface area (Å²) in [5.74, 6) is 0.866. The Kier molecular flexibility index (Phi) is 4.88. The van der Waals surface area contributed by atoms with Crippen LogP contribution in [-0.2, 0) is 11.3 Å². The number of methoxy groups -OCH3 is 1. The molecule has 0 unspecified atom stereocenters. The molecule has 1 N–H and O–H groups in total. The van der Waals surface area contributed by atoms with Gasteiger partial charge in [-0.1, -0.05) is 19.8 Å². The average molecular weight is 328 g/mol. The smallest absolute Gasteiger partial charge is 0.253 e. The molecule has 0 bridgehead atoms. The molecule has 0 radical (unpaired) electrons. The molecule has 1 aromatic heterocycles. The van der Waals surface area contributed by atoms with Gasteiger partial charge in [-0.25, -0.2) is 0 Å². The third-order valence-electron chi connectivity index (χ3n) is 4.86. The number of aromatic amines is 1. The molecular weight excluding hydrogens is 304 g/mol. The van der Waals surface area contributed by atoms with Crippen LogP contribution in [0.1, 0.15) is 44.6 Å².